The molecule has 0 saturated heterocycles. The first kappa shape index (κ1) is 29.1. The van der Waals surface area contributed by atoms with Crippen molar-refractivity contribution >= 4 is 0 Å². The maximum atomic E-state index is 11.4. The van der Waals surface area contributed by atoms with Crippen molar-refractivity contribution in [2.24, 2.45) is 5.92 Å². The average Bonchev–Trinajstić information content (AvgIpc) is 3.03. The highest BCUT2D eigenvalue weighted by atomic mass is 16.6. The number of aliphatic hydroxyl groups excluding tert-OH is 2. The van der Waals surface area contributed by atoms with Gasteiger partial charge in [0.05, 0.1) is 45.2 Å². The largest absolute Gasteiger partial charge is 0.390 e. The van der Waals surface area contributed by atoms with E-state index < -0.39 is 36.4 Å². The van der Waals surface area contributed by atoms with Gasteiger partial charge in [-0.15, -0.1) is 0 Å². The molecule has 5 rings (SSSR count). The van der Waals surface area contributed by atoms with E-state index in [1.165, 1.54) is 0 Å². The van der Waals surface area contributed by atoms with Crippen molar-refractivity contribution in [1.82, 2.24) is 0 Å². The molecule has 0 aliphatic heterocycles. The molecule has 1 aliphatic carbocycles. The third-order valence-corrected chi connectivity index (χ3v) is 7.47. The lowest BCUT2D eigenvalue weighted by atomic mass is 9.78. The molecule has 0 bridgehead atoms. The first-order chi connectivity index (χ1) is 20.2. The topological polar surface area (TPSA) is 77.4 Å². The van der Waals surface area contributed by atoms with Gasteiger partial charge in [0.2, 0.25) is 0 Å². The summed E-state index contributed by atoms with van der Waals surface area (Å²) in [5, 5.41) is 22.8. The minimum atomic E-state index is -1.19. The van der Waals surface area contributed by atoms with Crippen LogP contribution in [0.2, 0.25) is 0 Å². The summed E-state index contributed by atoms with van der Waals surface area (Å²) in [6, 6.07) is 39.4. The smallest absolute Gasteiger partial charge is 0.115 e. The second-order valence-corrected chi connectivity index (χ2v) is 10.4. The summed E-state index contributed by atoms with van der Waals surface area (Å²) in [5.41, 5.74) is 3.99. The Bertz CT molecular complexity index is 1270. The fraction of sp³-hybridized carbons (Fsp3) is 0.314. The summed E-state index contributed by atoms with van der Waals surface area (Å²) >= 11 is 0. The molecule has 0 heterocycles. The van der Waals surface area contributed by atoms with E-state index in [0.29, 0.717) is 19.8 Å². The predicted molar refractivity (Wildman–Crippen MR) is 157 cm³/mol. The van der Waals surface area contributed by atoms with Crippen molar-refractivity contribution in [2.75, 3.05) is 6.61 Å². The van der Waals surface area contributed by atoms with Gasteiger partial charge < -0.3 is 29.2 Å². The zero-order valence-electron chi connectivity index (χ0n) is 23.1. The van der Waals surface area contributed by atoms with Crippen molar-refractivity contribution in [3.63, 3.8) is 0 Å². The minimum absolute atomic E-state index is 0.184. The quantitative estimate of drug-likeness (QED) is 0.233. The van der Waals surface area contributed by atoms with Crippen molar-refractivity contribution in [3.8, 4) is 0 Å². The second-order valence-electron chi connectivity index (χ2n) is 10.4. The van der Waals surface area contributed by atoms with E-state index in [0.717, 1.165) is 22.3 Å². The molecule has 2 N–H and O–H groups in total. The van der Waals surface area contributed by atoms with Crippen LogP contribution in [0.1, 0.15) is 22.3 Å². The zero-order chi connectivity index (χ0) is 28.3. The van der Waals surface area contributed by atoms with Crippen LogP contribution in [0, 0.1) is 5.92 Å². The maximum absolute atomic E-state index is 11.4. The van der Waals surface area contributed by atoms with Crippen LogP contribution in [-0.4, -0.2) is 47.3 Å². The van der Waals surface area contributed by atoms with Crippen LogP contribution in [0.25, 0.3) is 0 Å². The highest BCUT2D eigenvalue weighted by Crippen LogP contribution is 2.34. The van der Waals surface area contributed by atoms with Crippen molar-refractivity contribution in [3.05, 3.63) is 144 Å². The normalized spacial score (nSPS) is 24.2. The molecule has 214 valence electrons. The lowest BCUT2D eigenvalue weighted by Gasteiger charge is -2.47. The minimum Gasteiger partial charge on any atom is -0.390 e. The Kier molecular flexibility index (Phi) is 10.7. The van der Waals surface area contributed by atoms with Gasteiger partial charge in [0.25, 0.3) is 0 Å². The lowest BCUT2D eigenvalue weighted by molar-refractivity contribution is -0.255. The fourth-order valence-electron chi connectivity index (χ4n) is 5.25. The average molecular weight is 555 g/mol. The number of ether oxygens (including phenoxy) is 4. The van der Waals surface area contributed by atoms with E-state index in [2.05, 4.69) is 0 Å². The number of hydrogen-bond acceptors (Lipinski definition) is 6. The SMILES string of the molecule is O[C@@H]1[C@H](O)[C@H](OCc2ccccc2)[C@@H](OCc2ccccc2)[C@@H](OCc2ccccc2)[C@H]1COCc1ccccc1. The highest BCUT2D eigenvalue weighted by molar-refractivity contribution is 5.17. The molecule has 0 spiro atoms. The standard InChI is InChI=1S/C35H38O6/c36-31-30(25-38-21-26-13-5-1-6-14-26)33(39-22-27-15-7-2-8-16-27)35(41-24-29-19-11-4-12-20-29)34(32(31)37)40-23-28-17-9-3-10-18-28/h1-20,30-37H,21-25H2/t30-,31-,32-,33-,34-,35-/m0/s1. The van der Waals surface area contributed by atoms with Gasteiger partial charge in [0, 0.05) is 5.92 Å². The molecule has 6 atom stereocenters. The summed E-state index contributed by atoms with van der Waals surface area (Å²) in [6.07, 6.45) is -4.41. The molecule has 0 amide bonds. The van der Waals surface area contributed by atoms with Gasteiger partial charge >= 0.3 is 0 Å². The Labute approximate surface area is 242 Å². The third-order valence-electron chi connectivity index (χ3n) is 7.47. The van der Waals surface area contributed by atoms with E-state index in [1.54, 1.807) is 0 Å². The third kappa shape index (κ3) is 8.11. The van der Waals surface area contributed by atoms with Crippen LogP contribution in [0.5, 0.6) is 0 Å². The molecule has 0 unspecified atom stereocenters. The first-order valence-electron chi connectivity index (χ1n) is 14.1. The second kappa shape index (κ2) is 15.0. The molecule has 0 radical (unpaired) electrons. The molecule has 41 heavy (non-hydrogen) atoms. The van der Waals surface area contributed by atoms with Crippen molar-refractivity contribution in [1.29, 1.82) is 0 Å². The molecule has 1 aliphatic rings. The first-order valence-corrected chi connectivity index (χ1v) is 14.1. The summed E-state index contributed by atoms with van der Waals surface area (Å²) in [4.78, 5) is 0. The Hall–Kier alpha value is -3.36. The van der Waals surface area contributed by atoms with Gasteiger partial charge in [-0.05, 0) is 22.3 Å². The van der Waals surface area contributed by atoms with Gasteiger partial charge in [-0.3, -0.25) is 0 Å². The molecular weight excluding hydrogens is 516 g/mol. The van der Waals surface area contributed by atoms with Gasteiger partial charge in [-0.2, -0.15) is 0 Å². The lowest BCUT2D eigenvalue weighted by Crippen LogP contribution is -2.64. The van der Waals surface area contributed by atoms with Crippen LogP contribution >= 0.6 is 0 Å². The molecule has 6 nitrogen and oxygen atoms in total. The molecule has 4 aromatic rings. The monoisotopic (exact) mass is 554 g/mol. The van der Waals surface area contributed by atoms with Crippen LogP contribution in [0.15, 0.2) is 121 Å². The summed E-state index contributed by atoms with van der Waals surface area (Å²) in [5.74, 6) is -0.547. The van der Waals surface area contributed by atoms with Crippen LogP contribution < -0.4 is 0 Å². The predicted octanol–water partition coefficient (Wildman–Crippen LogP) is 5.31. The highest BCUT2D eigenvalue weighted by Gasteiger charge is 2.52. The Balaban J connectivity index is 1.39. The maximum Gasteiger partial charge on any atom is 0.115 e. The van der Waals surface area contributed by atoms with Crippen molar-refractivity contribution in [2.45, 2.75) is 56.9 Å². The van der Waals surface area contributed by atoms with Gasteiger partial charge in [0.15, 0.2) is 0 Å². The molecule has 1 saturated carbocycles. The summed E-state index contributed by atoms with van der Waals surface area (Å²) in [6.45, 7) is 1.46. The number of rotatable bonds is 13. The zero-order valence-corrected chi connectivity index (χ0v) is 23.1. The van der Waals surface area contributed by atoms with Crippen LogP contribution in [0.3, 0.4) is 0 Å². The van der Waals surface area contributed by atoms with Crippen LogP contribution in [-0.2, 0) is 45.4 Å². The Morgan fingerprint density at radius 2 is 0.780 bits per heavy atom. The Morgan fingerprint density at radius 1 is 0.415 bits per heavy atom. The molecule has 4 aromatic carbocycles. The number of aliphatic hydroxyl groups is 2. The van der Waals surface area contributed by atoms with E-state index in [1.807, 2.05) is 121 Å². The number of benzene rings is 4. The van der Waals surface area contributed by atoms with Gasteiger partial charge in [0.1, 0.15) is 18.3 Å². The summed E-state index contributed by atoms with van der Waals surface area (Å²) < 4.78 is 25.4. The summed E-state index contributed by atoms with van der Waals surface area (Å²) in [7, 11) is 0. The Morgan fingerprint density at radius 3 is 1.22 bits per heavy atom. The van der Waals surface area contributed by atoms with Gasteiger partial charge in [-0.1, -0.05) is 121 Å². The molecule has 0 aromatic heterocycles. The molecule has 1 fully saturated rings. The van der Waals surface area contributed by atoms with Crippen LogP contribution in [0.4, 0.5) is 0 Å². The van der Waals surface area contributed by atoms with Gasteiger partial charge in [-0.25, -0.2) is 0 Å². The van der Waals surface area contributed by atoms with E-state index in [-0.39, 0.29) is 13.2 Å². The van der Waals surface area contributed by atoms with E-state index in [9.17, 15) is 10.2 Å². The molecule has 6 heteroatoms. The van der Waals surface area contributed by atoms with E-state index >= 15 is 0 Å². The van der Waals surface area contributed by atoms with Crippen molar-refractivity contribution < 1.29 is 29.2 Å². The fourth-order valence-corrected chi connectivity index (χ4v) is 5.25. The van der Waals surface area contributed by atoms with E-state index in [4.69, 9.17) is 18.9 Å². The molecular formula is C35H38O6. The number of hydrogen-bond donors (Lipinski definition) is 2.